The number of furan rings is 1. The van der Waals surface area contributed by atoms with Gasteiger partial charge in [0.25, 0.3) is 0 Å². The Morgan fingerprint density at radius 3 is 2.93 bits per heavy atom. The first-order valence-corrected chi connectivity index (χ1v) is 5.98. The lowest BCUT2D eigenvalue weighted by atomic mass is 10.4. The van der Waals surface area contributed by atoms with Crippen LogP contribution in [0.5, 0.6) is 0 Å². The second-order valence-electron chi connectivity index (χ2n) is 2.87. The van der Waals surface area contributed by atoms with E-state index in [-0.39, 0.29) is 0 Å². The molecular weight excluding hydrogens is 262 g/mol. The Kier molecular flexibility index (Phi) is 3.39. The molecule has 14 heavy (non-hydrogen) atoms. The first-order valence-electron chi connectivity index (χ1n) is 4.31. The van der Waals surface area contributed by atoms with Crippen LogP contribution in [0, 0.1) is 0 Å². The second kappa shape index (κ2) is 4.77. The molecule has 0 spiro atoms. The van der Waals surface area contributed by atoms with Gasteiger partial charge >= 0.3 is 0 Å². The lowest BCUT2D eigenvalue weighted by molar-refractivity contribution is 0.483. The van der Waals surface area contributed by atoms with Crippen LogP contribution in [0.2, 0.25) is 0 Å². The average molecular weight is 272 g/mol. The molecule has 0 aromatic carbocycles. The zero-order valence-electron chi connectivity index (χ0n) is 7.50. The molecule has 2 aromatic rings. The van der Waals surface area contributed by atoms with Gasteiger partial charge in [0.2, 0.25) is 0 Å². The van der Waals surface area contributed by atoms with Gasteiger partial charge in [-0.15, -0.1) is 11.3 Å². The summed E-state index contributed by atoms with van der Waals surface area (Å²) in [6.45, 7) is 1.65. The van der Waals surface area contributed by atoms with Gasteiger partial charge < -0.3 is 9.73 Å². The van der Waals surface area contributed by atoms with Crippen molar-refractivity contribution in [3.05, 3.63) is 45.0 Å². The summed E-state index contributed by atoms with van der Waals surface area (Å²) in [6, 6.07) is 5.93. The standard InChI is InChI=1S/C10H10BrNOS/c11-9-3-5-14-10(9)7-12-6-8-2-1-4-13-8/h1-5,12H,6-7H2. The Morgan fingerprint density at radius 1 is 1.36 bits per heavy atom. The predicted molar refractivity (Wildman–Crippen MR) is 61.3 cm³/mol. The third kappa shape index (κ3) is 2.47. The Labute approximate surface area is 95.1 Å². The molecule has 2 aromatic heterocycles. The van der Waals surface area contributed by atoms with Gasteiger partial charge in [0.1, 0.15) is 5.76 Å². The molecule has 0 bridgehead atoms. The maximum Gasteiger partial charge on any atom is 0.117 e. The quantitative estimate of drug-likeness (QED) is 0.922. The van der Waals surface area contributed by atoms with E-state index in [1.165, 1.54) is 9.35 Å². The third-order valence-electron chi connectivity index (χ3n) is 1.86. The lowest BCUT2D eigenvalue weighted by Crippen LogP contribution is -2.11. The number of rotatable bonds is 4. The number of hydrogen-bond donors (Lipinski definition) is 1. The molecule has 0 amide bonds. The zero-order chi connectivity index (χ0) is 9.80. The van der Waals surface area contributed by atoms with Crippen LogP contribution < -0.4 is 5.32 Å². The molecule has 4 heteroatoms. The molecule has 0 saturated carbocycles. The molecule has 1 N–H and O–H groups in total. The maximum absolute atomic E-state index is 5.21. The normalized spacial score (nSPS) is 10.6. The van der Waals surface area contributed by atoms with E-state index in [2.05, 4.69) is 32.7 Å². The summed E-state index contributed by atoms with van der Waals surface area (Å²) in [5.41, 5.74) is 0. The van der Waals surface area contributed by atoms with E-state index in [4.69, 9.17) is 4.42 Å². The highest BCUT2D eigenvalue weighted by atomic mass is 79.9. The molecule has 0 aliphatic carbocycles. The lowest BCUT2D eigenvalue weighted by Gasteiger charge is -2.00. The highest BCUT2D eigenvalue weighted by Gasteiger charge is 2.00. The van der Waals surface area contributed by atoms with E-state index in [1.54, 1.807) is 17.6 Å². The van der Waals surface area contributed by atoms with Crippen molar-refractivity contribution in [3.8, 4) is 0 Å². The van der Waals surface area contributed by atoms with Crippen LogP contribution in [0.15, 0.2) is 38.7 Å². The fourth-order valence-corrected chi connectivity index (χ4v) is 2.63. The molecule has 2 heterocycles. The topological polar surface area (TPSA) is 25.2 Å². The monoisotopic (exact) mass is 271 g/mol. The van der Waals surface area contributed by atoms with Crippen LogP contribution in [0.25, 0.3) is 0 Å². The van der Waals surface area contributed by atoms with Crippen LogP contribution in [-0.4, -0.2) is 0 Å². The summed E-state index contributed by atoms with van der Waals surface area (Å²) in [5.74, 6) is 0.970. The summed E-state index contributed by atoms with van der Waals surface area (Å²) < 4.78 is 6.39. The van der Waals surface area contributed by atoms with Gasteiger partial charge in [0, 0.05) is 15.9 Å². The molecule has 2 nitrogen and oxygen atoms in total. The molecule has 0 radical (unpaired) electrons. The molecule has 0 atom stereocenters. The number of halogens is 1. The highest BCUT2D eigenvalue weighted by Crippen LogP contribution is 2.22. The molecule has 0 aliphatic rings. The zero-order valence-corrected chi connectivity index (χ0v) is 9.90. The minimum absolute atomic E-state index is 0.775. The summed E-state index contributed by atoms with van der Waals surface area (Å²) in [5, 5.41) is 5.40. The maximum atomic E-state index is 5.21. The van der Waals surface area contributed by atoms with E-state index in [0.29, 0.717) is 0 Å². The van der Waals surface area contributed by atoms with Crippen molar-refractivity contribution in [1.82, 2.24) is 5.32 Å². The van der Waals surface area contributed by atoms with Crippen LogP contribution >= 0.6 is 27.3 Å². The predicted octanol–water partition coefficient (Wildman–Crippen LogP) is 3.39. The van der Waals surface area contributed by atoms with Crippen molar-refractivity contribution in [2.45, 2.75) is 13.1 Å². The van der Waals surface area contributed by atoms with Gasteiger partial charge in [-0.1, -0.05) is 0 Å². The Bertz CT molecular complexity index is 382. The molecule has 0 aliphatic heterocycles. The van der Waals surface area contributed by atoms with Gasteiger partial charge in [0.05, 0.1) is 12.8 Å². The third-order valence-corrected chi connectivity index (χ3v) is 3.78. The van der Waals surface area contributed by atoms with Crippen LogP contribution in [0.4, 0.5) is 0 Å². The minimum atomic E-state index is 0.775. The number of nitrogens with one attached hydrogen (secondary N) is 1. The molecule has 74 valence electrons. The molecule has 0 saturated heterocycles. The van der Waals surface area contributed by atoms with Gasteiger partial charge in [0.15, 0.2) is 0 Å². The van der Waals surface area contributed by atoms with Crippen LogP contribution in [-0.2, 0) is 13.1 Å². The van der Waals surface area contributed by atoms with Crippen molar-refractivity contribution < 1.29 is 4.42 Å². The summed E-state index contributed by atoms with van der Waals surface area (Å²) in [4.78, 5) is 1.32. The van der Waals surface area contributed by atoms with Crippen molar-refractivity contribution in [2.75, 3.05) is 0 Å². The van der Waals surface area contributed by atoms with E-state index in [1.807, 2.05) is 12.1 Å². The largest absolute Gasteiger partial charge is 0.468 e. The Balaban J connectivity index is 1.81. The summed E-state index contributed by atoms with van der Waals surface area (Å²) in [7, 11) is 0. The molecule has 0 unspecified atom stereocenters. The fraction of sp³-hybridized carbons (Fsp3) is 0.200. The van der Waals surface area contributed by atoms with Crippen molar-refractivity contribution in [3.63, 3.8) is 0 Å². The van der Waals surface area contributed by atoms with Crippen LogP contribution in [0.3, 0.4) is 0 Å². The van der Waals surface area contributed by atoms with E-state index in [9.17, 15) is 0 Å². The van der Waals surface area contributed by atoms with Gasteiger partial charge in [-0.2, -0.15) is 0 Å². The fourth-order valence-electron chi connectivity index (χ4n) is 1.16. The first kappa shape index (κ1) is 9.96. The van der Waals surface area contributed by atoms with Crippen molar-refractivity contribution in [1.29, 1.82) is 0 Å². The minimum Gasteiger partial charge on any atom is -0.468 e. The molecular formula is C10H10BrNOS. The molecule has 0 fully saturated rings. The molecule has 2 rings (SSSR count). The number of thiophene rings is 1. The first-order chi connectivity index (χ1) is 6.86. The second-order valence-corrected chi connectivity index (χ2v) is 4.73. The Hall–Kier alpha value is -0.580. The number of hydrogen-bond acceptors (Lipinski definition) is 3. The van der Waals surface area contributed by atoms with E-state index in [0.717, 1.165) is 18.8 Å². The van der Waals surface area contributed by atoms with E-state index >= 15 is 0 Å². The highest BCUT2D eigenvalue weighted by molar-refractivity contribution is 9.10. The smallest absolute Gasteiger partial charge is 0.117 e. The SMILES string of the molecule is Brc1ccsc1CNCc1ccco1. The van der Waals surface area contributed by atoms with E-state index < -0.39 is 0 Å². The average Bonchev–Trinajstić information content (AvgIpc) is 2.78. The van der Waals surface area contributed by atoms with Gasteiger partial charge in [-0.25, -0.2) is 0 Å². The van der Waals surface area contributed by atoms with Crippen molar-refractivity contribution >= 4 is 27.3 Å². The Morgan fingerprint density at radius 2 is 2.29 bits per heavy atom. The van der Waals surface area contributed by atoms with Crippen LogP contribution in [0.1, 0.15) is 10.6 Å². The van der Waals surface area contributed by atoms with Crippen molar-refractivity contribution in [2.24, 2.45) is 0 Å². The van der Waals surface area contributed by atoms with Gasteiger partial charge in [-0.05, 0) is 39.5 Å². The summed E-state index contributed by atoms with van der Waals surface area (Å²) in [6.07, 6.45) is 1.69. The van der Waals surface area contributed by atoms with Gasteiger partial charge in [-0.3, -0.25) is 0 Å². The summed E-state index contributed by atoms with van der Waals surface area (Å²) >= 11 is 5.24.